The molecule has 90 valence electrons. The van der Waals surface area contributed by atoms with Crippen LogP contribution in [0.15, 0.2) is 5.38 Å². The Bertz CT molecular complexity index is 330. The van der Waals surface area contributed by atoms with Gasteiger partial charge < -0.3 is 0 Å². The predicted octanol–water partition coefficient (Wildman–Crippen LogP) is 3.64. The van der Waals surface area contributed by atoms with E-state index in [0.717, 1.165) is 12.2 Å². The first-order valence-electron chi connectivity index (χ1n) is 5.95. The fourth-order valence-electron chi connectivity index (χ4n) is 2.43. The van der Waals surface area contributed by atoms with Gasteiger partial charge in [-0.15, -0.1) is 22.9 Å². The van der Waals surface area contributed by atoms with Gasteiger partial charge in [-0.3, -0.25) is 4.90 Å². The molecule has 16 heavy (non-hydrogen) atoms. The lowest BCUT2D eigenvalue weighted by Crippen LogP contribution is -2.42. The standard InChI is InChI=1S/C12H19ClN2S/c1-9-4-3-5-10(2)15(9)7-12-14-11(6-13)8-16-12/h8-10H,3-7H2,1-2H3. The number of rotatable bonds is 3. The number of thiazole rings is 1. The highest BCUT2D eigenvalue weighted by atomic mass is 35.5. The lowest BCUT2D eigenvalue weighted by molar-refractivity contribution is 0.0951. The quantitative estimate of drug-likeness (QED) is 0.770. The van der Waals surface area contributed by atoms with E-state index in [9.17, 15) is 0 Å². The number of alkyl halides is 1. The van der Waals surface area contributed by atoms with E-state index in [4.69, 9.17) is 11.6 Å². The molecule has 2 unspecified atom stereocenters. The highest BCUT2D eigenvalue weighted by Gasteiger charge is 2.25. The third-order valence-corrected chi connectivity index (χ3v) is 4.59. The molecule has 2 rings (SSSR count). The van der Waals surface area contributed by atoms with Crippen molar-refractivity contribution in [2.75, 3.05) is 0 Å². The van der Waals surface area contributed by atoms with E-state index < -0.39 is 0 Å². The van der Waals surface area contributed by atoms with Gasteiger partial charge in [0.25, 0.3) is 0 Å². The Kier molecular flexibility index (Phi) is 4.22. The summed E-state index contributed by atoms with van der Waals surface area (Å²) in [6.45, 7) is 5.64. The molecule has 0 aromatic carbocycles. The van der Waals surface area contributed by atoms with Crippen LogP contribution in [0.25, 0.3) is 0 Å². The van der Waals surface area contributed by atoms with E-state index in [0.29, 0.717) is 18.0 Å². The van der Waals surface area contributed by atoms with E-state index in [1.54, 1.807) is 11.3 Å². The zero-order valence-corrected chi connectivity index (χ0v) is 11.5. The molecule has 1 aromatic rings. The summed E-state index contributed by atoms with van der Waals surface area (Å²) in [6, 6.07) is 1.37. The molecule has 1 aliphatic rings. The second-order valence-corrected chi connectivity index (χ2v) is 5.88. The molecule has 4 heteroatoms. The van der Waals surface area contributed by atoms with E-state index in [-0.39, 0.29) is 0 Å². The lowest BCUT2D eigenvalue weighted by Gasteiger charge is -2.38. The molecule has 2 heterocycles. The predicted molar refractivity (Wildman–Crippen MR) is 70.0 cm³/mol. The normalized spacial score (nSPS) is 27.2. The van der Waals surface area contributed by atoms with Gasteiger partial charge in [-0.25, -0.2) is 4.98 Å². The number of hydrogen-bond donors (Lipinski definition) is 0. The van der Waals surface area contributed by atoms with Crippen LogP contribution >= 0.6 is 22.9 Å². The number of aromatic nitrogens is 1. The fraction of sp³-hybridized carbons (Fsp3) is 0.750. The molecule has 2 atom stereocenters. The van der Waals surface area contributed by atoms with Crippen molar-refractivity contribution in [2.24, 2.45) is 0 Å². The Morgan fingerprint density at radius 2 is 2.12 bits per heavy atom. The molecule has 0 aliphatic carbocycles. The summed E-state index contributed by atoms with van der Waals surface area (Å²) in [5.41, 5.74) is 1.01. The van der Waals surface area contributed by atoms with Crippen LogP contribution in [0.4, 0.5) is 0 Å². The molecule has 0 N–H and O–H groups in total. The molecule has 0 amide bonds. The van der Waals surface area contributed by atoms with Gasteiger partial charge in [0, 0.05) is 17.5 Å². The monoisotopic (exact) mass is 258 g/mol. The van der Waals surface area contributed by atoms with Gasteiger partial charge in [0.2, 0.25) is 0 Å². The maximum Gasteiger partial charge on any atom is 0.107 e. The first-order valence-corrected chi connectivity index (χ1v) is 7.37. The highest BCUT2D eigenvalue weighted by Crippen LogP contribution is 2.25. The summed E-state index contributed by atoms with van der Waals surface area (Å²) in [7, 11) is 0. The number of halogens is 1. The summed E-state index contributed by atoms with van der Waals surface area (Å²) < 4.78 is 0. The van der Waals surface area contributed by atoms with Crippen LogP contribution in [0.1, 0.15) is 43.8 Å². The number of likely N-dealkylation sites (tertiary alicyclic amines) is 1. The molecule has 1 aliphatic heterocycles. The zero-order valence-electron chi connectivity index (χ0n) is 9.95. The maximum atomic E-state index is 5.77. The average molecular weight is 259 g/mol. The summed E-state index contributed by atoms with van der Waals surface area (Å²) in [5, 5.41) is 3.28. The third-order valence-electron chi connectivity index (χ3n) is 3.43. The van der Waals surface area contributed by atoms with E-state index in [2.05, 4.69) is 29.1 Å². The number of nitrogens with zero attached hydrogens (tertiary/aromatic N) is 2. The van der Waals surface area contributed by atoms with Gasteiger partial charge in [-0.2, -0.15) is 0 Å². The Labute approximate surface area is 107 Å². The maximum absolute atomic E-state index is 5.77. The minimum atomic E-state index is 0.529. The molecule has 0 spiro atoms. The van der Waals surface area contributed by atoms with Crippen molar-refractivity contribution in [2.45, 2.75) is 57.6 Å². The SMILES string of the molecule is CC1CCCC(C)N1Cc1nc(CCl)cs1. The van der Waals surface area contributed by atoms with E-state index in [1.165, 1.54) is 24.3 Å². The minimum absolute atomic E-state index is 0.529. The molecular formula is C12H19ClN2S. The molecule has 0 saturated carbocycles. The van der Waals surface area contributed by atoms with Crippen molar-refractivity contribution in [3.8, 4) is 0 Å². The van der Waals surface area contributed by atoms with Crippen LogP contribution < -0.4 is 0 Å². The first kappa shape index (κ1) is 12.3. The minimum Gasteiger partial charge on any atom is -0.291 e. The summed E-state index contributed by atoms with van der Waals surface area (Å²) in [6.07, 6.45) is 4.00. The Hall–Kier alpha value is -0.120. The van der Waals surface area contributed by atoms with Crippen molar-refractivity contribution in [1.29, 1.82) is 0 Å². The topological polar surface area (TPSA) is 16.1 Å². The molecule has 1 fully saturated rings. The van der Waals surface area contributed by atoms with E-state index in [1.807, 2.05) is 0 Å². The molecule has 1 aromatic heterocycles. The molecule has 1 saturated heterocycles. The number of piperidine rings is 1. The average Bonchev–Trinajstić information content (AvgIpc) is 2.71. The van der Waals surface area contributed by atoms with E-state index >= 15 is 0 Å². The van der Waals surface area contributed by atoms with Crippen LogP contribution in [0.2, 0.25) is 0 Å². The third kappa shape index (κ3) is 2.76. The van der Waals surface area contributed by atoms with Crippen LogP contribution in [-0.2, 0) is 12.4 Å². The highest BCUT2D eigenvalue weighted by molar-refractivity contribution is 7.09. The lowest BCUT2D eigenvalue weighted by atomic mass is 9.98. The smallest absolute Gasteiger partial charge is 0.107 e. The second kappa shape index (κ2) is 5.48. The largest absolute Gasteiger partial charge is 0.291 e. The number of hydrogen-bond acceptors (Lipinski definition) is 3. The van der Waals surface area contributed by atoms with Crippen LogP contribution in [0.3, 0.4) is 0 Å². The van der Waals surface area contributed by atoms with Gasteiger partial charge in [0.1, 0.15) is 5.01 Å². The Balaban J connectivity index is 2.01. The van der Waals surface area contributed by atoms with Crippen molar-refractivity contribution in [3.05, 3.63) is 16.1 Å². The van der Waals surface area contributed by atoms with Crippen LogP contribution in [0, 0.1) is 0 Å². The van der Waals surface area contributed by atoms with Crippen molar-refractivity contribution in [1.82, 2.24) is 9.88 Å². The summed E-state index contributed by atoms with van der Waals surface area (Å²) in [5.74, 6) is 0.529. The van der Waals surface area contributed by atoms with Crippen molar-refractivity contribution in [3.63, 3.8) is 0 Å². The van der Waals surface area contributed by atoms with Gasteiger partial charge >= 0.3 is 0 Å². The molecule has 0 radical (unpaired) electrons. The van der Waals surface area contributed by atoms with Crippen LogP contribution in [0.5, 0.6) is 0 Å². The van der Waals surface area contributed by atoms with Crippen molar-refractivity contribution < 1.29 is 0 Å². The molecular weight excluding hydrogens is 240 g/mol. The second-order valence-electron chi connectivity index (χ2n) is 4.67. The van der Waals surface area contributed by atoms with Crippen LogP contribution in [-0.4, -0.2) is 22.0 Å². The molecule has 0 bridgehead atoms. The Morgan fingerprint density at radius 1 is 1.44 bits per heavy atom. The molecule has 2 nitrogen and oxygen atoms in total. The summed E-state index contributed by atoms with van der Waals surface area (Å²) >= 11 is 7.51. The van der Waals surface area contributed by atoms with Crippen molar-refractivity contribution >= 4 is 22.9 Å². The fourth-order valence-corrected chi connectivity index (χ4v) is 3.46. The zero-order chi connectivity index (χ0) is 11.5. The van der Waals surface area contributed by atoms with Gasteiger partial charge in [0.05, 0.1) is 18.1 Å². The first-order chi connectivity index (χ1) is 7.70. The van der Waals surface area contributed by atoms with Gasteiger partial charge in [-0.1, -0.05) is 6.42 Å². The van der Waals surface area contributed by atoms with Gasteiger partial charge in [-0.05, 0) is 26.7 Å². The van der Waals surface area contributed by atoms with Gasteiger partial charge in [0.15, 0.2) is 0 Å². The Morgan fingerprint density at radius 3 is 2.69 bits per heavy atom. The summed E-state index contributed by atoms with van der Waals surface area (Å²) in [4.78, 5) is 7.11.